The van der Waals surface area contributed by atoms with Gasteiger partial charge in [-0.2, -0.15) is 0 Å². The SMILES string of the molecule is O=C(COCc1cncc(-c2cnc3ncccc3c2)c1)OCc1ccccc1. The number of fused-ring (bicyclic) bond motifs is 1. The van der Waals surface area contributed by atoms with E-state index in [9.17, 15) is 4.79 Å². The van der Waals surface area contributed by atoms with Crippen LogP contribution in [0.4, 0.5) is 0 Å². The molecule has 0 aliphatic heterocycles. The summed E-state index contributed by atoms with van der Waals surface area (Å²) in [6.07, 6.45) is 6.99. The van der Waals surface area contributed by atoms with E-state index in [0.29, 0.717) is 5.65 Å². The Kier molecular flexibility index (Phi) is 5.83. The van der Waals surface area contributed by atoms with Crippen LogP contribution in [0.5, 0.6) is 0 Å². The number of carbonyl (C=O) groups is 1. The van der Waals surface area contributed by atoms with Crippen LogP contribution in [0.2, 0.25) is 0 Å². The smallest absolute Gasteiger partial charge is 0.332 e. The van der Waals surface area contributed by atoms with Crippen LogP contribution in [0.1, 0.15) is 11.1 Å². The number of pyridine rings is 3. The largest absolute Gasteiger partial charge is 0.459 e. The summed E-state index contributed by atoms with van der Waals surface area (Å²) >= 11 is 0. The number of rotatable bonds is 7. The third kappa shape index (κ3) is 5.00. The molecule has 144 valence electrons. The normalized spacial score (nSPS) is 10.8. The van der Waals surface area contributed by atoms with Crippen molar-refractivity contribution in [2.45, 2.75) is 13.2 Å². The van der Waals surface area contributed by atoms with Crippen LogP contribution < -0.4 is 0 Å². The zero-order valence-electron chi connectivity index (χ0n) is 15.7. The van der Waals surface area contributed by atoms with Crippen molar-refractivity contribution in [1.82, 2.24) is 15.0 Å². The van der Waals surface area contributed by atoms with E-state index in [1.807, 2.05) is 54.6 Å². The summed E-state index contributed by atoms with van der Waals surface area (Å²) in [7, 11) is 0. The van der Waals surface area contributed by atoms with Crippen molar-refractivity contribution in [3.05, 3.63) is 90.5 Å². The average Bonchev–Trinajstić information content (AvgIpc) is 2.78. The van der Waals surface area contributed by atoms with Crippen LogP contribution in [0.25, 0.3) is 22.2 Å². The quantitative estimate of drug-likeness (QED) is 0.449. The lowest BCUT2D eigenvalue weighted by molar-refractivity contribution is -0.150. The molecule has 4 aromatic rings. The molecule has 1 aromatic carbocycles. The molecule has 0 N–H and O–H groups in total. The van der Waals surface area contributed by atoms with Crippen LogP contribution in [-0.2, 0) is 27.5 Å². The van der Waals surface area contributed by atoms with Crippen molar-refractivity contribution in [3.8, 4) is 11.1 Å². The van der Waals surface area contributed by atoms with E-state index < -0.39 is 5.97 Å². The number of hydrogen-bond acceptors (Lipinski definition) is 6. The predicted octanol–water partition coefficient (Wildman–Crippen LogP) is 3.95. The third-order valence-corrected chi connectivity index (χ3v) is 4.31. The molecule has 0 atom stereocenters. The van der Waals surface area contributed by atoms with Gasteiger partial charge in [0.2, 0.25) is 0 Å². The fraction of sp³-hybridized carbons (Fsp3) is 0.130. The molecule has 0 bridgehead atoms. The molecule has 0 fully saturated rings. The maximum Gasteiger partial charge on any atom is 0.332 e. The Bertz CT molecular complexity index is 1120. The minimum Gasteiger partial charge on any atom is -0.459 e. The van der Waals surface area contributed by atoms with Gasteiger partial charge in [0.05, 0.1) is 6.61 Å². The highest BCUT2D eigenvalue weighted by molar-refractivity contribution is 5.80. The fourth-order valence-corrected chi connectivity index (χ4v) is 2.88. The summed E-state index contributed by atoms with van der Waals surface area (Å²) in [4.78, 5) is 24.7. The van der Waals surface area contributed by atoms with E-state index in [-0.39, 0.29) is 19.8 Å². The van der Waals surface area contributed by atoms with Gasteiger partial charge in [-0.3, -0.25) is 4.98 Å². The van der Waals surface area contributed by atoms with E-state index in [0.717, 1.165) is 27.6 Å². The summed E-state index contributed by atoms with van der Waals surface area (Å²) in [6.45, 7) is 0.397. The summed E-state index contributed by atoms with van der Waals surface area (Å²) in [6, 6.07) is 17.4. The molecular formula is C23H19N3O3. The number of aromatic nitrogens is 3. The lowest BCUT2D eigenvalue weighted by Gasteiger charge is -2.08. The fourth-order valence-electron chi connectivity index (χ4n) is 2.88. The van der Waals surface area contributed by atoms with Crippen molar-refractivity contribution < 1.29 is 14.3 Å². The zero-order chi connectivity index (χ0) is 19.9. The first-order valence-corrected chi connectivity index (χ1v) is 9.20. The lowest BCUT2D eigenvalue weighted by atomic mass is 10.1. The van der Waals surface area contributed by atoms with Gasteiger partial charge in [0, 0.05) is 41.3 Å². The third-order valence-electron chi connectivity index (χ3n) is 4.31. The minimum absolute atomic E-state index is 0.111. The summed E-state index contributed by atoms with van der Waals surface area (Å²) in [5.41, 5.74) is 4.39. The molecule has 0 amide bonds. The van der Waals surface area contributed by atoms with Gasteiger partial charge in [-0.15, -0.1) is 0 Å². The molecule has 29 heavy (non-hydrogen) atoms. The Hall–Kier alpha value is -3.64. The van der Waals surface area contributed by atoms with E-state index in [1.165, 1.54) is 0 Å². The van der Waals surface area contributed by atoms with Gasteiger partial charge in [-0.1, -0.05) is 30.3 Å². The molecule has 0 unspecified atom stereocenters. The highest BCUT2D eigenvalue weighted by Crippen LogP contribution is 2.22. The maximum atomic E-state index is 11.8. The van der Waals surface area contributed by atoms with Crippen molar-refractivity contribution in [3.63, 3.8) is 0 Å². The first kappa shape index (κ1) is 18.7. The molecule has 0 radical (unpaired) electrons. The number of esters is 1. The molecular weight excluding hydrogens is 366 g/mol. The summed E-state index contributed by atoms with van der Waals surface area (Å²) in [5, 5.41) is 0.966. The first-order chi connectivity index (χ1) is 14.3. The van der Waals surface area contributed by atoms with Gasteiger partial charge >= 0.3 is 5.97 Å². The van der Waals surface area contributed by atoms with Crippen LogP contribution in [0.15, 0.2) is 79.4 Å². The second kappa shape index (κ2) is 9.03. The standard InChI is InChI=1S/C23H19N3O3/c27-22(29-15-17-5-2-1-3-6-17)16-28-14-18-9-20(12-24-11-18)21-10-19-7-4-8-25-23(19)26-13-21/h1-13H,14-16H2. The summed E-state index contributed by atoms with van der Waals surface area (Å²) < 4.78 is 10.7. The molecule has 6 heteroatoms. The highest BCUT2D eigenvalue weighted by atomic mass is 16.6. The molecule has 0 aliphatic carbocycles. The van der Waals surface area contributed by atoms with E-state index in [4.69, 9.17) is 9.47 Å². The molecule has 3 heterocycles. The second-order valence-corrected chi connectivity index (χ2v) is 6.50. The van der Waals surface area contributed by atoms with Crippen LogP contribution in [0.3, 0.4) is 0 Å². The van der Waals surface area contributed by atoms with Crippen molar-refractivity contribution in [2.75, 3.05) is 6.61 Å². The average molecular weight is 385 g/mol. The zero-order valence-corrected chi connectivity index (χ0v) is 15.7. The molecule has 0 saturated carbocycles. The van der Waals surface area contributed by atoms with E-state index in [2.05, 4.69) is 15.0 Å². The number of hydrogen-bond donors (Lipinski definition) is 0. The van der Waals surface area contributed by atoms with Crippen LogP contribution in [-0.4, -0.2) is 27.5 Å². The van der Waals surface area contributed by atoms with Gasteiger partial charge in [-0.05, 0) is 35.4 Å². The number of nitrogens with zero attached hydrogens (tertiary/aromatic N) is 3. The summed E-state index contributed by atoms with van der Waals surface area (Å²) in [5.74, 6) is -0.399. The van der Waals surface area contributed by atoms with Crippen molar-refractivity contribution in [2.24, 2.45) is 0 Å². The number of ether oxygens (including phenoxy) is 2. The van der Waals surface area contributed by atoms with Gasteiger partial charge in [0.1, 0.15) is 13.2 Å². The number of benzene rings is 1. The van der Waals surface area contributed by atoms with Crippen molar-refractivity contribution in [1.29, 1.82) is 0 Å². The molecule has 0 saturated heterocycles. The molecule has 0 aliphatic rings. The number of carbonyl (C=O) groups excluding carboxylic acids is 1. The Morgan fingerprint density at radius 3 is 2.59 bits per heavy atom. The molecule has 3 aromatic heterocycles. The van der Waals surface area contributed by atoms with Crippen LogP contribution in [0, 0.1) is 0 Å². The van der Waals surface area contributed by atoms with Gasteiger partial charge in [0.15, 0.2) is 5.65 Å². The van der Waals surface area contributed by atoms with E-state index >= 15 is 0 Å². The first-order valence-electron chi connectivity index (χ1n) is 9.20. The van der Waals surface area contributed by atoms with Crippen molar-refractivity contribution >= 4 is 17.0 Å². The van der Waals surface area contributed by atoms with Crippen LogP contribution >= 0.6 is 0 Å². The van der Waals surface area contributed by atoms with Gasteiger partial charge < -0.3 is 9.47 Å². The Morgan fingerprint density at radius 2 is 1.69 bits per heavy atom. The molecule has 0 spiro atoms. The molecule has 4 rings (SSSR count). The molecule has 6 nitrogen and oxygen atoms in total. The van der Waals surface area contributed by atoms with Gasteiger partial charge in [0.25, 0.3) is 0 Å². The topological polar surface area (TPSA) is 74.2 Å². The predicted molar refractivity (Wildman–Crippen MR) is 109 cm³/mol. The second-order valence-electron chi connectivity index (χ2n) is 6.50. The Balaban J connectivity index is 1.33. The van der Waals surface area contributed by atoms with E-state index in [1.54, 1.807) is 24.8 Å². The monoisotopic (exact) mass is 385 g/mol. The van der Waals surface area contributed by atoms with Gasteiger partial charge in [-0.25, -0.2) is 14.8 Å². The lowest BCUT2D eigenvalue weighted by Crippen LogP contribution is -2.12. The Labute approximate surface area is 168 Å². The Morgan fingerprint density at radius 1 is 0.828 bits per heavy atom. The highest BCUT2D eigenvalue weighted by Gasteiger charge is 2.06. The minimum atomic E-state index is -0.399. The maximum absolute atomic E-state index is 11.8.